The van der Waals surface area contributed by atoms with E-state index in [1.165, 1.54) is 6.07 Å². The first-order valence-corrected chi connectivity index (χ1v) is 6.35. The quantitative estimate of drug-likeness (QED) is 0.878. The maximum absolute atomic E-state index is 13.8. The lowest BCUT2D eigenvalue weighted by atomic mass is 10.3. The molecule has 0 atom stereocenters. The first-order valence-electron chi connectivity index (χ1n) is 6.35. The van der Waals surface area contributed by atoms with Crippen LogP contribution in [0.4, 0.5) is 21.8 Å². The van der Waals surface area contributed by atoms with E-state index < -0.39 is 5.82 Å². The zero-order valence-corrected chi connectivity index (χ0v) is 11.7. The van der Waals surface area contributed by atoms with Gasteiger partial charge in [-0.2, -0.15) is 4.98 Å². The van der Waals surface area contributed by atoms with Crippen LogP contribution < -0.4 is 15.4 Å². The van der Waals surface area contributed by atoms with Gasteiger partial charge in [0.2, 0.25) is 5.95 Å². The molecule has 106 valence electrons. The van der Waals surface area contributed by atoms with E-state index in [1.807, 2.05) is 13.8 Å². The first kappa shape index (κ1) is 14.0. The van der Waals surface area contributed by atoms with E-state index in [1.54, 1.807) is 25.2 Å². The van der Waals surface area contributed by atoms with Crippen LogP contribution in [-0.4, -0.2) is 23.6 Å². The highest BCUT2D eigenvalue weighted by atomic mass is 19.1. The van der Waals surface area contributed by atoms with Crippen LogP contribution in [0.2, 0.25) is 0 Å². The van der Waals surface area contributed by atoms with Gasteiger partial charge in [-0.3, -0.25) is 0 Å². The number of rotatable bonds is 5. The Hall–Kier alpha value is -2.37. The fourth-order valence-electron chi connectivity index (χ4n) is 1.74. The number of benzene rings is 1. The predicted molar refractivity (Wildman–Crippen MR) is 77.2 cm³/mol. The Labute approximate surface area is 117 Å². The van der Waals surface area contributed by atoms with Gasteiger partial charge in [-0.1, -0.05) is 0 Å². The van der Waals surface area contributed by atoms with Crippen LogP contribution in [0.15, 0.2) is 24.3 Å². The molecule has 0 aliphatic heterocycles. The van der Waals surface area contributed by atoms with E-state index in [0.29, 0.717) is 24.1 Å². The van der Waals surface area contributed by atoms with E-state index in [2.05, 4.69) is 20.6 Å². The summed E-state index contributed by atoms with van der Waals surface area (Å²) in [6.07, 6.45) is 0. The van der Waals surface area contributed by atoms with Crippen LogP contribution in [0.25, 0.3) is 0 Å². The maximum Gasteiger partial charge on any atom is 0.224 e. The summed E-state index contributed by atoms with van der Waals surface area (Å²) in [6, 6.07) is 6.50. The summed E-state index contributed by atoms with van der Waals surface area (Å²) in [5, 5.41) is 5.92. The molecule has 0 saturated heterocycles. The Morgan fingerprint density at radius 1 is 1.25 bits per heavy atom. The molecule has 0 amide bonds. The number of hydrogen-bond acceptors (Lipinski definition) is 5. The van der Waals surface area contributed by atoms with Gasteiger partial charge >= 0.3 is 0 Å². The Kier molecular flexibility index (Phi) is 4.34. The molecule has 1 aromatic carbocycles. The lowest BCUT2D eigenvalue weighted by molar-refractivity contribution is 0.321. The highest BCUT2D eigenvalue weighted by Crippen LogP contribution is 2.23. The van der Waals surface area contributed by atoms with Crippen molar-refractivity contribution in [1.82, 2.24) is 9.97 Å². The van der Waals surface area contributed by atoms with Gasteiger partial charge < -0.3 is 15.4 Å². The molecule has 1 aromatic heterocycles. The average molecular weight is 276 g/mol. The van der Waals surface area contributed by atoms with E-state index in [9.17, 15) is 4.39 Å². The third kappa shape index (κ3) is 3.34. The average Bonchev–Trinajstić information content (AvgIpc) is 2.41. The van der Waals surface area contributed by atoms with Crippen LogP contribution in [0.5, 0.6) is 5.75 Å². The molecular weight excluding hydrogens is 259 g/mol. The van der Waals surface area contributed by atoms with E-state index in [4.69, 9.17) is 4.74 Å². The van der Waals surface area contributed by atoms with Gasteiger partial charge in [0.25, 0.3) is 0 Å². The predicted octanol–water partition coefficient (Wildman–Crippen LogP) is 3.11. The molecule has 1 heterocycles. The van der Waals surface area contributed by atoms with Gasteiger partial charge in [-0.25, -0.2) is 9.37 Å². The number of ether oxygens (including phenoxy) is 1. The van der Waals surface area contributed by atoms with Gasteiger partial charge in [-0.05, 0) is 26.0 Å². The number of nitrogens with zero attached hydrogens (tertiary/aromatic N) is 2. The molecule has 20 heavy (non-hydrogen) atoms. The molecule has 0 aliphatic carbocycles. The summed E-state index contributed by atoms with van der Waals surface area (Å²) in [4.78, 5) is 8.44. The zero-order chi connectivity index (χ0) is 14.5. The number of aromatic nitrogens is 2. The molecule has 2 rings (SSSR count). The number of aryl methyl sites for hydroxylation is 1. The number of hydrogen-bond donors (Lipinski definition) is 2. The Morgan fingerprint density at radius 2 is 2.05 bits per heavy atom. The van der Waals surface area contributed by atoms with Crippen LogP contribution in [0, 0.1) is 12.7 Å². The largest absolute Gasteiger partial charge is 0.491 e. The van der Waals surface area contributed by atoms with Gasteiger partial charge in [0.1, 0.15) is 5.82 Å². The second-order valence-corrected chi connectivity index (χ2v) is 4.17. The monoisotopic (exact) mass is 276 g/mol. The summed E-state index contributed by atoms with van der Waals surface area (Å²) in [5.74, 6) is 0.952. The van der Waals surface area contributed by atoms with Crippen molar-refractivity contribution < 1.29 is 9.13 Å². The zero-order valence-electron chi connectivity index (χ0n) is 11.7. The van der Waals surface area contributed by atoms with Crippen molar-refractivity contribution in [1.29, 1.82) is 0 Å². The normalized spacial score (nSPS) is 10.2. The number of anilines is 3. The van der Waals surface area contributed by atoms with Gasteiger partial charge in [-0.15, -0.1) is 0 Å². The smallest absolute Gasteiger partial charge is 0.224 e. The van der Waals surface area contributed by atoms with Gasteiger partial charge in [0.15, 0.2) is 11.6 Å². The summed E-state index contributed by atoms with van der Waals surface area (Å²) < 4.78 is 18.9. The van der Waals surface area contributed by atoms with E-state index in [0.717, 1.165) is 5.69 Å². The fraction of sp³-hybridized carbons (Fsp3) is 0.286. The Bertz CT molecular complexity index is 604. The van der Waals surface area contributed by atoms with Crippen LogP contribution in [0.3, 0.4) is 0 Å². The molecule has 0 fully saturated rings. The van der Waals surface area contributed by atoms with Crippen molar-refractivity contribution in [3.8, 4) is 5.75 Å². The molecule has 0 saturated carbocycles. The molecule has 0 bridgehead atoms. The standard InChI is InChI=1S/C14H17FN4O/c1-4-20-12-6-5-10(8-11(12)15)18-13-7-9(2)17-14(16-3)19-13/h5-8H,4H2,1-3H3,(H2,16,17,18,19). The molecule has 2 N–H and O–H groups in total. The first-order chi connectivity index (χ1) is 9.62. The Balaban J connectivity index is 2.21. The van der Waals surface area contributed by atoms with Crippen molar-refractivity contribution in [2.45, 2.75) is 13.8 Å². The summed E-state index contributed by atoms with van der Waals surface area (Å²) in [7, 11) is 1.75. The van der Waals surface area contributed by atoms with Gasteiger partial charge in [0.05, 0.1) is 6.61 Å². The van der Waals surface area contributed by atoms with Crippen molar-refractivity contribution in [3.05, 3.63) is 35.8 Å². The Morgan fingerprint density at radius 3 is 2.70 bits per heavy atom. The molecular formula is C14H17FN4O. The molecule has 0 aliphatic rings. The molecule has 0 radical (unpaired) electrons. The summed E-state index contributed by atoms with van der Waals surface area (Å²) >= 11 is 0. The minimum Gasteiger partial charge on any atom is -0.491 e. The number of nitrogens with one attached hydrogen (secondary N) is 2. The molecule has 6 heteroatoms. The lowest BCUT2D eigenvalue weighted by Crippen LogP contribution is -2.02. The summed E-state index contributed by atoms with van der Waals surface area (Å²) in [5.41, 5.74) is 1.42. The van der Waals surface area contributed by atoms with Crippen molar-refractivity contribution in [2.24, 2.45) is 0 Å². The molecule has 2 aromatic rings. The van der Waals surface area contributed by atoms with Crippen molar-refractivity contribution in [3.63, 3.8) is 0 Å². The summed E-state index contributed by atoms with van der Waals surface area (Å²) in [6.45, 7) is 4.11. The van der Waals surface area contributed by atoms with Crippen LogP contribution in [0.1, 0.15) is 12.6 Å². The molecule has 0 spiro atoms. The third-order valence-electron chi connectivity index (χ3n) is 2.58. The maximum atomic E-state index is 13.8. The second kappa shape index (κ2) is 6.18. The van der Waals surface area contributed by atoms with Crippen LogP contribution >= 0.6 is 0 Å². The minimum absolute atomic E-state index is 0.243. The third-order valence-corrected chi connectivity index (χ3v) is 2.58. The lowest BCUT2D eigenvalue weighted by Gasteiger charge is -2.10. The molecule has 0 unspecified atom stereocenters. The SMILES string of the molecule is CCOc1ccc(Nc2cc(C)nc(NC)n2)cc1F. The van der Waals surface area contributed by atoms with Crippen LogP contribution in [-0.2, 0) is 0 Å². The van der Waals surface area contributed by atoms with E-state index in [-0.39, 0.29) is 5.75 Å². The highest BCUT2D eigenvalue weighted by molar-refractivity contribution is 5.58. The van der Waals surface area contributed by atoms with Crippen molar-refractivity contribution in [2.75, 3.05) is 24.3 Å². The van der Waals surface area contributed by atoms with Gasteiger partial charge in [0, 0.05) is 30.6 Å². The highest BCUT2D eigenvalue weighted by Gasteiger charge is 2.06. The number of halogens is 1. The second-order valence-electron chi connectivity index (χ2n) is 4.17. The van der Waals surface area contributed by atoms with Crippen molar-refractivity contribution >= 4 is 17.5 Å². The fourth-order valence-corrected chi connectivity index (χ4v) is 1.74. The topological polar surface area (TPSA) is 59.1 Å². The molecule has 5 nitrogen and oxygen atoms in total. The van der Waals surface area contributed by atoms with E-state index >= 15 is 0 Å². The minimum atomic E-state index is -0.406.